The third kappa shape index (κ3) is 4.40. The number of hydrogen-bond acceptors (Lipinski definition) is 6. The molecule has 0 unspecified atom stereocenters. The van der Waals surface area contributed by atoms with Gasteiger partial charge in [-0.05, 0) is 56.3 Å². The first-order valence-corrected chi connectivity index (χ1v) is 10.7. The van der Waals surface area contributed by atoms with E-state index in [1.54, 1.807) is 21.8 Å². The second kappa shape index (κ2) is 8.99. The van der Waals surface area contributed by atoms with Crippen LogP contribution in [0.25, 0.3) is 11.5 Å². The lowest BCUT2D eigenvalue weighted by Crippen LogP contribution is -2.13. The molecule has 2 aromatic carbocycles. The first kappa shape index (κ1) is 21.1. The van der Waals surface area contributed by atoms with Gasteiger partial charge < -0.3 is 10.6 Å². The summed E-state index contributed by atoms with van der Waals surface area (Å²) >= 11 is 0. The van der Waals surface area contributed by atoms with Crippen LogP contribution in [0.1, 0.15) is 21.9 Å². The third-order valence-corrected chi connectivity index (χ3v) is 5.23. The Kier molecular flexibility index (Phi) is 5.57. The highest BCUT2D eigenvalue weighted by Crippen LogP contribution is 2.21. The molecule has 2 N–H and O–H groups in total. The van der Waals surface area contributed by atoms with E-state index < -0.39 is 0 Å². The van der Waals surface area contributed by atoms with E-state index in [2.05, 4.69) is 30.8 Å². The summed E-state index contributed by atoms with van der Waals surface area (Å²) < 4.78 is 3.43. The van der Waals surface area contributed by atoms with E-state index in [1.165, 1.54) is 0 Å². The summed E-state index contributed by atoms with van der Waals surface area (Å²) in [5.41, 5.74) is 3.71. The lowest BCUT2D eigenvalue weighted by molar-refractivity contribution is 0.102. The van der Waals surface area contributed by atoms with Crippen molar-refractivity contribution in [2.45, 2.75) is 13.8 Å². The SMILES string of the molecule is Cc1nc(Nc2ccc(NC(=O)c3cnn(-c4ccccc4)c3C)cc2)cc(-n2cccn2)n1. The molecular formula is C25H22N8O. The van der Waals surface area contributed by atoms with Crippen LogP contribution in [0.4, 0.5) is 17.2 Å². The van der Waals surface area contributed by atoms with Gasteiger partial charge in [0.15, 0.2) is 5.82 Å². The van der Waals surface area contributed by atoms with Crippen LogP contribution in [0.5, 0.6) is 0 Å². The lowest BCUT2D eigenvalue weighted by Gasteiger charge is -2.10. The fourth-order valence-corrected chi connectivity index (χ4v) is 3.58. The molecule has 5 aromatic rings. The quantitative estimate of drug-likeness (QED) is 0.396. The zero-order valence-corrected chi connectivity index (χ0v) is 18.7. The van der Waals surface area contributed by atoms with Gasteiger partial charge in [-0.25, -0.2) is 19.3 Å². The molecule has 9 heteroatoms. The minimum absolute atomic E-state index is 0.212. The monoisotopic (exact) mass is 450 g/mol. The van der Waals surface area contributed by atoms with Gasteiger partial charge in [0.2, 0.25) is 0 Å². The Hall–Kier alpha value is -4.79. The minimum atomic E-state index is -0.212. The zero-order valence-electron chi connectivity index (χ0n) is 18.7. The summed E-state index contributed by atoms with van der Waals surface area (Å²) in [5, 5.41) is 14.8. The number of benzene rings is 2. The number of hydrogen-bond donors (Lipinski definition) is 2. The molecule has 0 aliphatic heterocycles. The van der Waals surface area contributed by atoms with Gasteiger partial charge in [-0.1, -0.05) is 18.2 Å². The van der Waals surface area contributed by atoms with Crippen LogP contribution in [0.3, 0.4) is 0 Å². The molecule has 168 valence electrons. The molecule has 0 saturated heterocycles. The van der Waals surface area contributed by atoms with E-state index in [0.717, 1.165) is 17.1 Å². The Balaban J connectivity index is 1.28. The van der Waals surface area contributed by atoms with Crippen molar-refractivity contribution in [3.05, 3.63) is 102 Å². The smallest absolute Gasteiger partial charge is 0.259 e. The maximum Gasteiger partial charge on any atom is 0.259 e. The molecule has 9 nitrogen and oxygen atoms in total. The minimum Gasteiger partial charge on any atom is -0.340 e. The largest absolute Gasteiger partial charge is 0.340 e. The van der Waals surface area contributed by atoms with Crippen LogP contribution >= 0.6 is 0 Å². The Morgan fingerprint density at radius 1 is 0.882 bits per heavy atom. The van der Waals surface area contributed by atoms with E-state index in [0.29, 0.717) is 28.7 Å². The maximum atomic E-state index is 12.8. The molecule has 5 rings (SSSR count). The second-order valence-corrected chi connectivity index (χ2v) is 7.66. The summed E-state index contributed by atoms with van der Waals surface area (Å²) in [5.74, 6) is 1.75. The number of aryl methyl sites for hydroxylation is 1. The molecular weight excluding hydrogens is 428 g/mol. The van der Waals surface area contributed by atoms with Gasteiger partial charge >= 0.3 is 0 Å². The summed E-state index contributed by atoms with van der Waals surface area (Å²) in [7, 11) is 0. The number of nitrogens with one attached hydrogen (secondary N) is 2. The Labute approximate surface area is 196 Å². The van der Waals surface area contributed by atoms with Crippen LogP contribution < -0.4 is 10.6 Å². The maximum absolute atomic E-state index is 12.8. The van der Waals surface area contributed by atoms with Crippen LogP contribution in [0, 0.1) is 13.8 Å². The van der Waals surface area contributed by atoms with Crippen LogP contribution in [0.2, 0.25) is 0 Å². The van der Waals surface area contributed by atoms with Crippen molar-refractivity contribution in [3.8, 4) is 11.5 Å². The highest BCUT2D eigenvalue weighted by atomic mass is 16.1. The molecule has 3 heterocycles. The van der Waals surface area contributed by atoms with Crippen molar-refractivity contribution in [1.29, 1.82) is 0 Å². The van der Waals surface area contributed by atoms with Gasteiger partial charge in [-0.2, -0.15) is 10.2 Å². The molecule has 1 amide bonds. The molecule has 3 aromatic heterocycles. The average Bonchev–Trinajstić information content (AvgIpc) is 3.51. The topological polar surface area (TPSA) is 103 Å². The number of amides is 1. The van der Waals surface area contributed by atoms with Crippen molar-refractivity contribution >= 4 is 23.1 Å². The summed E-state index contributed by atoms with van der Waals surface area (Å²) in [6, 6.07) is 20.8. The van der Waals surface area contributed by atoms with Gasteiger partial charge in [-0.3, -0.25) is 4.79 Å². The van der Waals surface area contributed by atoms with Gasteiger partial charge in [0.25, 0.3) is 5.91 Å². The number of para-hydroxylation sites is 1. The zero-order chi connectivity index (χ0) is 23.5. The molecule has 0 radical (unpaired) electrons. The number of nitrogens with zero attached hydrogens (tertiary/aromatic N) is 6. The molecule has 0 aliphatic rings. The van der Waals surface area contributed by atoms with Crippen LogP contribution in [-0.2, 0) is 0 Å². The normalized spacial score (nSPS) is 10.8. The number of aromatic nitrogens is 6. The fourth-order valence-electron chi connectivity index (χ4n) is 3.58. The van der Waals surface area contributed by atoms with Crippen LogP contribution in [0.15, 0.2) is 85.3 Å². The standard InChI is InChI=1S/C25H22N8O/c1-17-22(16-27-33(17)21-7-4-3-5-8-21)25(34)31-20-11-9-19(10-12-20)30-23-15-24(29-18(2)28-23)32-14-6-13-26-32/h3-16H,1-2H3,(H,31,34)(H,28,29,30). The molecule has 0 spiro atoms. The fraction of sp³-hybridized carbons (Fsp3) is 0.0800. The van der Waals surface area contributed by atoms with Crippen LogP contribution in [-0.4, -0.2) is 35.4 Å². The van der Waals surface area contributed by atoms with Gasteiger partial charge in [0.1, 0.15) is 11.6 Å². The van der Waals surface area contributed by atoms with Crippen molar-refractivity contribution in [1.82, 2.24) is 29.5 Å². The van der Waals surface area contributed by atoms with Crippen molar-refractivity contribution in [2.75, 3.05) is 10.6 Å². The molecule has 0 saturated carbocycles. The van der Waals surface area contributed by atoms with Crippen molar-refractivity contribution < 1.29 is 4.79 Å². The lowest BCUT2D eigenvalue weighted by atomic mass is 10.2. The van der Waals surface area contributed by atoms with Crippen molar-refractivity contribution in [2.24, 2.45) is 0 Å². The van der Waals surface area contributed by atoms with Gasteiger partial charge in [0.05, 0.1) is 23.1 Å². The summed E-state index contributed by atoms with van der Waals surface area (Å²) in [6.07, 6.45) is 5.11. The Morgan fingerprint density at radius 2 is 1.65 bits per heavy atom. The van der Waals surface area contributed by atoms with E-state index >= 15 is 0 Å². The molecule has 0 fully saturated rings. The Bertz CT molecular complexity index is 1420. The predicted octanol–water partition coefficient (Wildman–Crippen LogP) is 4.46. The molecule has 0 bridgehead atoms. The van der Waals surface area contributed by atoms with Gasteiger partial charge in [0, 0.05) is 29.8 Å². The first-order chi connectivity index (χ1) is 16.6. The van der Waals surface area contributed by atoms with E-state index in [9.17, 15) is 4.79 Å². The second-order valence-electron chi connectivity index (χ2n) is 7.66. The average molecular weight is 451 g/mol. The van der Waals surface area contributed by atoms with Gasteiger partial charge in [-0.15, -0.1) is 0 Å². The molecule has 0 atom stereocenters. The number of carbonyl (C=O) groups excluding carboxylic acids is 1. The Morgan fingerprint density at radius 3 is 2.38 bits per heavy atom. The first-order valence-electron chi connectivity index (χ1n) is 10.7. The number of anilines is 3. The highest BCUT2D eigenvalue weighted by molar-refractivity contribution is 6.05. The van der Waals surface area contributed by atoms with E-state index in [1.807, 2.05) is 86.8 Å². The molecule has 0 aliphatic carbocycles. The highest BCUT2D eigenvalue weighted by Gasteiger charge is 2.15. The summed E-state index contributed by atoms with van der Waals surface area (Å²) in [4.78, 5) is 21.7. The molecule has 34 heavy (non-hydrogen) atoms. The third-order valence-electron chi connectivity index (χ3n) is 5.23. The number of rotatable bonds is 6. The van der Waals surface area contributed by atoms with E-state index in [-0.39, 0.29) is 5.91 Å². The number of carbonyl (C=O) groups is 1. The predicted molar refractivity (Wildman–Crippen MR) is 130 cm³/mol. The van der Waals surface area contributed by atoms with E-state index in [4.69, 9.17) is 0 Å². The summed E-state index contributed by atoms with van der Waals surface area (Å²) in [6.45, 7) is 3.71. The van der Waals surface area contributed by atoms with Crippen molar-refractivity contribution in [3.63, 3.8) is 0 Å².